The third kappa shape index (κ3) is 2.57. The summed E-state index contributed by atoms with van der Waals surface area (Å²) in [6.07, 6.45) is 2.21. The van der Waals surface area contributed by atoms with Crippen LogP contribution in [0.25, 0.3) is 0 Å². The average molecular weight is 305 g/mol. The highest BCUT2D eigenvalue weighted by molar-refractivity contribution is 7.89. The molecule has 2 saturated heterocycles. The van der Waals surface area contributed by atoms with Crippen LogP contribution in [0.5, 0.6) is 0 Å². The molecule has 0 unspecified atom stereocenters. The fourth-order valence-corrected chi connectivity index (χ4v) is 5.06. The highest BCUT2D eigenvalue weighted by Crippen LogP contribution is 2.29. The SMILES string of the molecule is C[C@H]1CN2CCC[C@H]2CN1S(=O)(=O)c1cccc(C#N)c1. The Balaban J connectivity index is 1.92. The first-order valence-corrected chi connectivity index (χ1v) is 8.72. The van der Waals surface area contributed by atoms with Crippen molar-refractivity contribution >= 4 is 10.0 Å². The van der Waals surface area contributed by atoms with Gasteiger partial charge in [-0.15, -0.1) is 0 Å². The Morgan fingerprint density at radius 1 is 1.33 bits per heavy atom. The van der Waals surface area contributed by atoms with Crippen molar-refractivity contribution in [2.75, 3.05) is 19.6 Å². The predicted molar refractivity (Wildman–Crippen MR) is 79.1 cm³/mol. The largest absolute Gasteiger partial charge is 0.297 e. The summed E-state index contributed by atoms with van der Waals surface area (Å²) in [4.78, 5) is 2.61. The van der Waals surface area contributed by atoms with E-state index >= 15 is 0 Å². The minimum Gasteiger partial charge on any atom is -0.297 e. The average Bonchev–Trinajstić information content (AvgIpc) is 2.93. The molecule has 0 saturated carbocycles. The van der Waals surface area contributed by atoms with Gasteiger partial charge in [0.1, 0.15) is 0 Å². The van der Waals surface area contributed by atoms with Crippen molar-refractivity contribution in [1.29, 1.82) is 5.26 Å². The van der Waals surface area contributed by atoms with E-state index in [9.17, 15) is 8.42 Å². The molecule has 0 aliphatic carbocycles. The molecule has 2 heterocycles. The van der Waals surface area contributed by atoms with E-state index in [0.717, 1.165) is 25.9 Å². The summed E-state index contributed by atoms with van der Waals surface area (Å²) < 4.78 is 27.3. The van der Waals surface area contributed by atoms with Crippen molar-refractivity contribution < 1.29 is 8.42 Å². The van der Waals surface area contributed by atoms with Gasteiger partial charge in [-0.25, -0.2) is 8.42 Å². The number of hydrogen-bond donors (Lipinski definition) is 0. The monoisotopic (exact) mass is 305 g/mol. The number of rotatable bonds is 2. The van der Waals surface area contributed by atoms with Crippen LogP contribution in [0.4, 0.5) is 0 Å². The lowest BCUT2D eigenvalue weighted by Gasteiger charge is -2.41. The zero-order valence-corrected chi connectivity index (χ0v) is 12.9. The number of fused-ring (bicyclic) bond motifs is 1. The molecule has 2 fully saturated rings. The van der Waals surface area contributed by atoms with Crippen molar-refractivity contribution in [3.8, 4) is 6.07 Å². The zero-order valence-electron chi connectivity index (χ0n) is 12.1. The Morgan fingerprint density at radius 3 is 2.90 bits per heavy atom. The van der Waals surface area contributed by atoms with E-state index in [0.29, 0.717) is 18.2 Å². The van der Waals surface area contributed by atoms with Crippen LogP contribution in [0.2, 0.25) is 0 Å². The van der Waals surface area contributed by atoms with Gasteiger partial charge in [-0.1, -0.05) is 6.07 Å². The van der Waals surface area contributed by atoms with Gasteiger partial charge in [0, 0.05) is 25.2 Å². The van der Waals surface area contributed by atoms with Gasteiger partial charge in [0.25, 0.3) is 0 Å². The number of piperazine rings is 1. The van der Waals surface area contributed by atoms with Gasteiger partial charge >= 0.3 is 0 Å². The van der Waals surface area contributed by atoms with Crippen LogP contribution in [-0.2, 0) is 10.0 Å². The summed E-state index contributed by atoms with van der Waals surface area (Å²) >= 11 is 0. The molecule has 2 aliphatic rings. The highest BCUT2D eigenvalue weighted by atomic mass is 32.2. The molecule has 1 aromatic rings. The molecule has 3 rings (SSSR count). The van der Waals surface area contributed by atoms with Crippen LogP contribution in [0.15, 0.2) is 29.2 Å². The minimum absolute atomic E-state index is 0.0323. The lowest BCUT2D eigenvalue weighted by molar-refractivity contribution is 0.117. The van der Waals surface area contributed by atoms with Gasteiger partial charge in [-0.3, -0.25) is 4.90 Å². The molecular weight excluding hydrogens is 286 g/mol. The summed E-state index contributed by atoms with van der Waals surface area (Å²) in [5, 5.41) is 8.95. The van der Waals surface area contributed by atoms with Crippen LogP contribution in [0.1, 0.15) is 25.3 Å². The van der Waals surface area contributed by atoms with Gasteiger partial charge in [-0.05, 0) is 44.5 Å². The second-order valence-electron chi connectivity index (χ2n) is 5.85. The van der Waals surface area contributed by atoms with Crippen molar-refractivity contribution in [3.63, 3.8) is 0 Å². The summed E-state index contributed by atoms with van der Waals surface area (Å²) in [5.74, 6) is 0. The van der Waals surface area contributed by atoms with Crippen LogP contribution in [0.3, 0.4) is 0 Å². The molecule has 0 N–H and O–H groups in total. The smallest absolute Gasteiger partial charge is 0.243 e. The molecule has 1 aromatic carbocycles. The van der Waals surface area contributed by atoms with Gasteiger partial charge < -0.3 is 0 Å². The van der Waals surface area contributed by atoms with Crippen molar-refractivity contribution in [3.05, 3.63) is 29.8 Å². The van der Waals surface area contributed by atoms with Gasteiger partial charge in [0.05, 0.1) is 16.5 Å². The summed E-state index contributed by atoms with van der Waals surface area (Å²) in [7, 11) is -3.53. The molecule has 0 radical (unpaired) electrons. The maximum Gasteiger partial charge on any atom is 0.243 e. The molecule has 21 heavy (non-hydrogen) atoms. The van der Waals surface area contributed by atoms with E-state index in [4.69, 9.17) is 5.26 Å². The van der Waals surface area contributed by atoms with E-state index in [1.54, 1.807) is 22.5 Å². The molecular formula is C15H19N3O2S. The number of nitrogens with zero attached hydrogens (tertiary/aromatic N) is 3. The van der Waals surface area contributed by atoms with Crippen LogP contribution >= 0.6 is 0 Å². The van der Waals surface area contributed by atoms with Crippen molar-refractivity contribution in [1.82, 2.24) is 9.21 Å². The Labute approximate surface area is 125 Å². The predicted octanol–water partition coefficient (Wildman–Crippen LogP) is 1.42. The normalized spacial score (nSPS) is 27.2. The van der Waals surface area contributed by atoms with Gasteiger partial charge in [0.2, 0.25) is 10.0 Å². The Hall–Kier alpha value is -1.42. The molecule has 112 valence electrons. The molecule has 0 amide bonds. The Kier molecular flexibility index (Phi) is 3.74. The fraction of sp³-hybridized carbons (Fsp3) is 0.533. The molecule has 2 aliphatic heterocycles. The molecule has 6 heteroatoms. The maximum atomic E-state index is 12.9. The van der Waals surface area contributed by atoms with Crippen LogP contribution in [-0.4, -0.2) is 49.3 Å². The molecule has 2 atom stereocenters. The van der Waals surface area contributed by atoms with Crippen LogP contribution < -0.4 is 0 Å². The highest BCUT2D eigenvalue weighted by Gasteiger charge is 2.40. The van der Waals surface area contributed by atoms with Crippen molar-refractivity contribution in [2.24, 2.45) is 0 Å². The molecule has 0 bridgehead atoms. The van der Waals surface area contributed by atoms with Crippen LogP contribution in [0, 0.1) is 11.3 Å². The Bertz CT molecular complexity index is 680. The van der Waals surface area contributed by atoms with Gasteiger partial charge in [0.15, 0.2) is 0 Å². The number of hydrogen-bond acceptors (Lipinski definition) is 4. The van der Waals surface area contributed by atoms with Gasteiger partial charge in [-0.2, -0.15) is 9.57 Å². The first-order valence-electron chi connectivity index (χ1n) is 7.28. The third-order valence-corrected chi connectivity index (χ3v) is 6.43. The zero-order chi connectivity index (χ0) is 15.0. The maximum absolute atomic E-state index is 12.9. The third-order valence-electron chi connectivity index (χ3n) is 4.45. The second-order valence-corrected chi connectivity index (χ2v) is 7.74. The number of nitriles is 1. The lowest BCUT2D eigenvalue weighted by atomic mass is 10.1. The first-order chi connectivity index (χ1) is 10.0. The summed E-state index contributed by atoms with van der Waals surface area (Å²) in [6.45, 7) is 4.38. The molecule has 0 aromatic heterocycles. The summed E-state index contributed by atoms with van der Waals surface area (Å²) in [5.41, 5.74) is 0.378. The standard InChI is InChI=1S/C15H19N3O2S/c1-12-10-17-7-3-5-14(17)11-18(12)21(19,20)15-6-2-4-13(8-15)9-16/h2,4,6,8,12,14H,3,5,7,10-11H2,1H3/t12-,14-/m0/s1. The molecule has 0 spiro atoms. The quantitative estimate of drug-likeness (QED) is 0.829. The van der Waals surface area contributed by atoms with E-state index in [2.05, 4.69) is 4.90 Å². The topological polar surface area (TPSA) is 64.4 Å². The fourth-order valence-electron chi connectivity index (χ4n) is 3.36. The second kappa shape index (κ2) is 5.41. The minimum atomic E-state index is -3.53. The van der Waals surface area contributed by atoms with E-state index < -0.39 is 10.0 Å². The van der Waals surface area contributed by atoms with E-state index in [1.165, 1.54) is 6.07 Å². The molecule has 5 nitrogen and oxygen atoms in total. The number of benzene rings is 1. The summed E-state index contributed by atoms with van der Waals surface area (Å²) in [6, 6.07) is 8.59. The van der Waals surface area contributed by atoms with Crippen molar-refractivity contribution in [2.45, 2.75) is 36.7 Å². The van der Waals surface area contributed by atoms with E-state index in [1.807, 2.05) is 13.0 Å². The Morgan fingerprint density at radius 2 is 2.14 bits per heavy atom. The van der Waals surface area contributed by atoms with E-state index in [-0.39, 0.29) is 10.9 Å². The first kappa shape index (κ1) is 14.5. The lowest BCUT2D eigenvalue weighted by Crippen LogP contribution is -2.56. The number of sulfonamides is 1.